The molecular weight excluding hydrogens is 132 g/mol. The fraction of sp³-hybridized carbons (Fsp3) is 1.00. The second kappa shape index (κ2) is 6.69. The van der Waals surface area contributed by atoms with E-state index in [0.29, 0.717) is 0 Å². The fourth-order valence-electron chi connectivity index (χ4n) is 1.67. The van der Waals surface area contributed by atoms with Crippen molar-refractivity contribution >= 4 is 0 Å². The molecule has 0 aliphatic heterocycles. The molecule has 0 N–H and O–H groups in total. The van der Waals surface area contributed by atoms with E-state index in [9.17, 15) is 0 Å². The molecule has 0 aromatic carbocycles. The van der Waals surface area contributed by atoms with Crippen LogP contribution in [0.1, 0.15) is 59.8 Å². The van der Waals surface area contributed by atoms with Crippen molar-refractivity contribution in [3.63, 3.8) is 0 Å². The summed E-state index contributed by atoms with van der Waals surface area (Å²) in [6.07, 6.45) is 7.05. The van der Waals surface area contributed by atoms with E-state index in [1.165, 1.54) is 32.1 Å². The molecule has 0 aliphatic rings. The number of hydrogen-bond acceptors (Lipinski definition) is 0. The lowest BCUT2D eigenvalue weighted by atomic mass is 9.94. The molecule has 11 heavy (non-hydrogen) atoms. The summed E-state index contributed by atoms with van der Waals surface area (Å²) >= 11 is 0. The van der Waals surface area contributed by atoms with E-state index in [2.05, 4.69) is 27.7 Å². The Balaban J connectivity index is 3.15. The molecule has 0 bridgehead atoms. The zero-order valence-corrected chi connectivity index (χ0v) is 8.69. The van der Waals surface area contributed by atoms with Crippen molar-refractivity contribution in [2.75, 3.05) is 0 Å². The summed E-state index contributed by atoms with van der Waals surface area (Å²) in [4.78, 5) is 0. The van der Waals surface area contributed by atoms with Crippen molar-refractivity contribution in [1.29, 1.82) is 0 Å². The molecule has 68 valence electrons. The molecule has 0 aliphatic carbocycles. The zero-order valence-electron chi connectivity index (χ0n) is 8.69. The van der Waals surface area contributed by atoms with Crippen LogP contribution in [0, 0.1) is 11.8 Å². The highest BCUT2D eigenvalue weighted by molar-refractivity contribution is 4.56. The van der Waals surface area contributed by atoms with Crippen molar-refractivity contribution in [1.82, 2.24) is 0 Å². The van der Waals surface area contributed by atoms with Gasteiger partial charge in [-0.15, -0.1) is 0 Å². The molecule has 0 nitrogen and oxygen atoms in total. The predicted molar refractivity (Wildman–Crippen MR) is 52.8 cm³/mol. The van der Waals surface area contributed by atoms with Crippen molar-refractivity contribution in [3.8, 4) is 0 Å². The molecule has 0 saturated heterocycles. The lowest BCUT2D eigenvalue weighted by Gasteiger charge is -2.12. The van der Waals surface area contributed by atoms with E-state index in [0.717, 1.165) is 11.8 Å². The monoisotopic (exact) mass is 156 g/mol. The maximum Gasteiger partial charge on any atom is -0.0440 e. The van der Waals surface area contributed by atoms with E-state index in [1.807, 2.05) is 0 Å². The number of rotatable bonds is 6. The molecule has 0 spiro atoms. The van der Waals surface area contributed by atoms with E-state index < -0.39 is 0 Å². The lowest BCUT2D eigenvalue weighted by Crippen LogP contribution is -1.99. The van der Waals surface area contributed by atoms with Crippen LogP contribution in [0.15, 0.2) is 0 Å². The van der Waals surface area contributed by atoms with Crippen molar-refractivity contribution in [2.45, 2.75) is 59.8 Å². The van der Waals surface area contributed by atoms with Crippen LogP contribution in [0.25, 0.3) is 0 Å². The first-order chi connectivity index (χ1) is 5.16. The van der Waals surface area contributed by atoms with Crippen LogP contribution < -0.4 is 0 Å². The highest BCUT2D eigenvalue weighted by atomic mass is 14.1. The largest absolute Gasteiger partial charge is 0.0654 e. The maximum atomic E-state index is 2.38. The third kappa shape index (κ3) is 7.90. The van der Waals surface area contributed by atoms with Gasteiger partial charge in [0.05, 0.1) is 0 Å². The highest BCUT2D eigenvalue weighted by Gasteiger charge is 2.03. The SMILES string of the molecule is CCCCC[C@@H](C)CC(C)C. The topological polar surface area (TPSA) is 0 Å². The predicted octanol–water partition coefficient (Wildman–Crippen LogP) is 4.25. The van der Waals surface area contributed by atoms with Crippen LogP contribution in [0.2, 0.25) is 0 Å². The van der Waals surface area contributed by atoms with Gasteiger partial charge in [0.2, 0.25) is 0 Å². The minimum absolute atomic E-state index is 0.881. The Morgan fingerprint density at radius 3 is 2.09 bits per heavy atom. The van der Waals surface area contributed by atoms with Crippen LogP contribution in [-0.4, -0.2) is 0 Å². The van der Waals surface area contributed by atoms with Crippen LogP contribution >= 0.6 is 0 Å². The molecule has 0 amide bonds. The van der Waals surface area contributed by atoms with Gasteiger partial charge in [-0.05, 0) is 18.3 Å². The van der Waals surface area contributed by atoms with Crippen LogP contribution in [0.3, 0.4) is 0 Å². The smallest absolute Gasteiger partial charge is 0.0440 e. The third-order valence-corrected chi connectivity index (χ3v) is 2.17. The van der Waals surface area contributed by atoms with Gasteiger partial charge in [0.15, 0.2) is 0 Å². The molecule has 1 atom stereocenters. The van der Waals surface area contributed by atoms with Gasteiger partial charge >= 0.3 is 0 Å². The summed E-state index contributed by atoms with van der Waals surface area (Å²) in [7, 11) is 0. The van der Waals surface area contributed by atoms with Gasteiger partial charge in [0.25, 0.3) is 0 Å². The Bertz CT molecular complexity index is 74.1. The molecule has 0 heterocycles. The molecule has 0 aromatic heterocycles. The van der Waals surface area contributed by atoms with E-state index >= 15 is 0 Å². The number of unbranched alkanes of at least 4 members (excludes halogenated alkanes) is 2. The quantitative estimate of drug-likeness (QED) is 0.504. The van der Waals surface area contributed by atoms with Crippen LogP contribution in [-0.2, 0) is 0 Å². The summed E-state index contributed by atoms with van der Waals surface area (Å²) in [6.45, 7) is 9.29. The minimum atomic E-state index is 0.881. The lowest BCUT2D eigenvalue weighted by molar-refractivity contribution is 0.400. The maximum absolute atomic E-state index is 2.38. The summed E-state index contributed by atoms with van der Waals surface area (Å²) in [5, 5.41) is 0. The Morgan fingerprint density at radius 2 is 1.64 bits per heavy atom. The summed E-state index contributed by atoms with van der Waals surface area (Å²) < 4.78 is 0. The molecule has 0 unspecified atom stereocenters. The summed E-state index contributed by atoms with van der Waals surface area (Å²) in [5.41, 5.74) is 0. The van der Waals surface area contributed by atoms with E-state index in [4.69, 9.17) is 0 Å². The molecule has 0 aromatic rings. The average Bonchev–Trinajstić information content (AvgIpc) is 1.86. The second-order valence-electron chi connectivity index (χ2n) is 4.23. The Kier molecular flexibility index (Phi) is 6.69. The van der Waals surface area contributed by atoms with Gasteiger partial charge in [-0.2, -0.15) is 0 Å². The summed E-state index contributed by atoms with van der Waals surface area (Å²) in [5.74, 6) is 1.83. The first-order valence-electron chi connectivity index (χ1n) is 5.16. The molecular formula is C11H24. The van der Waals surface area contributed by atoms with Gasteiger partial charge in [-0.1, -0.05) is 53.4 Å². The van der Waals surface area contributed by atoms with Crippen LogP contribution in [0.4, 0.5) is 0 Å². The number of hydrogen-bond donors (Lipinski definition) is 0. The Labute approximate surface area is 72.4 Å². The molecule has 0 saturated carbocycles. The van der Waals surface area contributed by atoms with Crippen molar-refractivity contribution < 1.29 is 0 Å². The minimum Gasteiger partial charge on any atom is -0.0654 e. The molecule has 0 heteroatoms. The first-order valence-corrected chi connectivity index (χ1v) is 5.16. The Hall–Kier alpha value is 0. The van der Waals surface area contributed by atoms with Crippen molar-refractivity contribution in [2.24, 2.45) is 11.8 Å². The van der Waals surface area contributed by atoms with Gasteiger partial charge in [-0.25, -0.2) is 0 Å². The summed E-state index contributed by atoms with van der Waals surface area (Å²) in [6, 6.07) is 0. The Morgan fingerprint density at radius 1 is 1.00 bits per heavy atom. The van der Waals surface area contributed by atoms with Gasteiger partial charge < -0.3 is 0 Å². The third-order valence-electron chi connectivity index (χ3n) is 2.17. The molecule has 0 rings (SSSR count). The van der Waals surface area contributed by atoms with E-state index in [-0.39, 0.29) is 0 Å². The average molecular weight is 156 g/mol. The highest BCUT2D eigenvalue weighted by Crippen LogP contribution is 2.17. The molecule has 0 fully saturated rings. The standard InChI is InChI=1S/C11H24/c1-5-6-7-8-11(4)9-10(2)3/h10-11H,5-9H2,1-4H3/t11-/m1/s1. The fourth-order valence-corrected chi connectivity index (χ4v) is 1.67. The van der Waals surface area contributed by atoms with Gasteiger partial charge in [0.1, 0.15) is 0 Å². The van der Waals surface area contributed by atoms with E-state index in [1.54, 1.807) is 0 Å². The first kappa shape index (κ1) is 11.0. The second-order valence-corrected chi connectivity index (χ2v) is 4.23. The van der Waals surface area contributed by atoms with Gasteiger partial charge in [0, 0.05) is 0 Å². The zero-order chi connectivity index (χ0) is 8.69. The van der Waals surface area contributed by atoms with Crippen LogP contribution in [0.5, 0.6) is 0 Å². The molecule has 0 radical (unpaired) electrons. The van der Waals surface area contributed by atoms with Gasteiger partial charge in [-0.3, -0.25) is 0 Å². The van der Waals surface area contributed by atoms with Crippen molar-refractivity contribution in [3.05, 3.63) is 0 Å². The normalized spacial score (nSPS) is 13.9.